The van der Waals surface area contributed by atoms with Crippen LogP contribution in [0.4, 0.5) is 0 Å². The van der Waals surface area contributed by atoms with Crippen LogP contribution in [0.25, 0.3) is 0 Å². The molecule has 1 N–H and O–H groups in total. The van der Waals surface area contributed by atoms with E-state index in [9.17, 15) is 9.90 Å². The lowest BCUT2D eigenvalue weighted by Gasteiger charge is -2.24. The number of rotatable bonds is 5. The zero-order chi connectivity index (χ0) is 13.7. The van der Waals surface area contributed by atoms with E-state index in [0.29, 0.717) is 6.61 Å². The molecule has 100 valence electrons. The van der Waals surface area contributed by atoms with Crippen LogP contribution >= 0.6 is 15.9 Å². The second-order valence-electron chi connectivity index (χ2n) is 4.52. The third kappa shape index (κ3) is 3.82. The molecule has 0 aliphatic carbocycles. The van der Waals surface area contributed by atoms with E-state index in [0.717, 1.165) is 10.0 Å². The Balaban J connectivity index is 2.96. The highest BCUT2D eigenvalue weighted by atomic mass is 79.9. The Bertz CT molecular complexity index is 404. The molecule has 1 rings (SSSR count). The lowest BCUT2D eigenvalue weighted by atomic mass is 9.86. The van der Waals surface area contributed by atoms with Gasteiger partial charge in [0.15, 0.2) is 0 Å². The van der Waals surface area contributed by atoms with E-state index in [1.54, 1.807) is 6.92 Å². The number of benzene rings is 1. The molecule has 2 atom stereocenters. The van der Waals surface area contributed by atoms with Crippen LogP contribution in [0, 0.1) is 11.8 Å². The van der Waals surface area contributed by atoms with Crippen molar-refractivity contribution in [3.8, 4) is 0 Å². The summed E-state index contributed by atoms with van der Waals surface area (Å²) in [5.74, 6) is -0.878. The predicted molar refractivity (Wildman–Crippen MR) is 74.1 cm³/mol. The molecule has 2 unspecified atom stereocenters. The maximum Gasteiger partial charge on any atom is 0.312 e. The fourth-order valence-electron chi connectivity index (χ4n) is 1.90. The topological polar surface area (TPSA) is 46.5 Å². The summed E-state index contributed by atoms with van der Waals surface area (Å²) in [6, 6.07) is 7.35. The van der Waals surface area contributed by atoms with Crippen molar-refractivity contribution in [1.29, 1.82) is 0 Å². The minimum atomic E-state index is -0.846. The minimum absolute atomic E-state index is 0.0121. The molecule has 0 saturated carbocycles. The van der Waals surface area contributed by atoms with E-state index in [4.69, 9.17) is 4.74 Å². The molecule has 0 aliphatic rings. The number of hydrogen-bond donors (Lipinski definition) is 1. The fourth-order valence-corrected chi connectivity index (χ4v) is 2.32. The van der Waals surface area contributed by atoms with E-state index in [1.807, 2.05) is 38.1 Å². The van der Waals surface area contributed by atoms with E-state index in [1.165, 1.54) is 0 Å². The van der Waals surface area contributed by atoms with Gasteiger partial charge in [-0.25, -0.2) is 0 Å². The van der Waals surface area contributed by atoms with Gasteiger partial charge in [-0.1, -0.05) is 41.9 Å². The normalized spacial score (nSPS) is 14.3. The molecule has 0 amide bonds. The number of aliphatic hydroxyl groups excluding tert-OH is 1. The van der Waals surface area contributed by atoms with Crippen molar-refractivity contribution < 1.29 is 14.6 Å². The summed E-state index contributed by atoms with van der Waals surface area (Å²) in [6.45, 7) is 5.90. The first-order valence-electron chi connectivity index (χ1n) is 6.07. The molecule has 0 saturated heterocycles. The van der Waals surface area contributed by atoms with Crippen molar-refractivity contribution in [3.05, 3.63) is 34.3 Å². The summed E-state index contributed by atoms with van der Waals surface area (Å²) in [5, 5.41) is 10.4. The molecular formula is C14H19BrO3. The fraction of sp³-hybridized carbons (Fsp3) is 0.500. The van der Waals surface area contributed by atoms with Gasteiger partial charge in [0.2, 0.25) is 0 Å². The van der Waals surface area contributed by atoms with Gasteiger partial charge >= 0.3 is 5.97 Å². The van der Waals surface area contributed by atoms with E-state index in [2.05, 4.69) is 15.9 Å². The summed E-state index contributed by atoms with van der Waals surface area (Å²) in [7, 11) is 0. The first-order valence-corrected chi connectivity index (χ1v) is 6.86. The van der Waals surface area contributed by atoms with Gasteiger partial charge in [-0.3, -0.25) is 4.79 Å². The monoisotopic (exact) mass is 314 g/mol. The van der Waals surface area contributed by atoms with Crippen LogP contribution in [0.15, 0.2) is 28.7 Å². The molecule has 3 nitrogen and oxygen atoms in total. The van der Waals surface area contributed by atoms with Crippen molar-refractivity contribution >= 4 is 21.9 Å². The Morgan fingerprint density at radius 1 is 1.44 bits per heavy atom. The van der Waals surface area contributed by atoms with E-state index < -0.39 is 12.0 Å². The molecule has 0 bridgehead atoms. The highest BCUT2D eigenvalue weighted by Crippen LogP contribution is 2.30. The highest BCUT2D eigenvalue weighted by Gasteiger charge is 2.32. The van der Waals surface area contributed by atoms with Gasteiger partial charge in [0.25, 0.3) is 0 Å². The SMILES string of the molecule is CCOC(=O)C(C(C)C)C(O)c1cccc(Br)c1. The number of aliphatic hydroxyl groups is 1. The third-order valence-corrected chi connectivity index (χ3v) is 3.30. The zero-order valence-electron chi connectivity index (χ0n) is 10.9. The molecule has 0 aliphatic heterocycles. The summed E-state index contributed by atoms with van der Waals surface area (Å²) in [5.41, 5.74) is 0.719. The van der Waals surface area contributed by atoms with Crippen molar-refractivity contribution in [3.63, 3.8) is 0 Å². The molecule has 4 heteroatoms. The number of esters is 1. The average Bonchev–Trinajstić information content (AvgIpc) is 2.28. The molecule has 0 heterocycles. The lowest BCUT2D eigenvalue weighted by molar-refractivity contribution is -0.154. The van der Waals surface area contributed by atoms with Crippen LogP contribution in [-0.4, -0.2) is 17.7 Å². The van der Waals surface area contributed by atoms with Gasteiger partial charge in [-0.2, -0.15) is 0 Å². The molecule has 0 fully saturated rings. The molecule has 1 aromatic carbocycles. The van der Waals surface area contributed by atoms with Crippen molar-refractivity contribution in [2.24, 2.45) is 11.8 Å². The molecule has 0 aromatic heterocycles. The van der Waals surface area contributed by atoms with Gasteiger partial charge in [0, 0.05) is 4.47 Å². The van der Waals surface area contributed by atoms with Crippen LogP contribution in [0.5, 0.6) is 0 Å². The van der Waals surface area contributed by atoms with E-state index in [-0.39, 0.29) is 11.9 Å². The summed E-state index contributed by atoms with van der Waals surface area (Å²) in [6.07, 6.45) is -0.846. The number of carbonyl (C=O) groups excluding carboxylic acids is 1. The summed E-state index contributed by atoms with van der Waals surface area (Å²) < 4.78 is 5.91. The van der Waals surface area contributed by atoms with Crippen molar-refractivity contribution in [2.45, 2.75) is 26.9 Å². The van der Waals surface area contributed by atoms with Crippen LogP contribution in [0.1, 0.15) is 32.4 Å². The Morgan fingerprint density at radius 3 is 2.61 bits per heavy atom. The Hall–Kier alpha value is -0.870. The first kappa shape index (κ1) is 15.2. The third-order valence-electron chi connectivity index (χ3n) is 2.81. The maximum atomic E-state index is 11.9. The molecule has 18 heavy (non-hydrogen) atoms. The molecular weight excluding hydrogens is 296 g/mol. The molecule has 0 radical (unpaired) electrons. The summed E-state index contributed by atoms with van der Waals surface area (Å²) in [4.78, 5) is 11.9. The van der Waals surface area contributed by atoms with Gasteiger partial charge in [-0.15, -0.1) is 0 Å². The van der Waals surface area contributed by atoms with Gasteiger partial charge in [0.05, 0.1) is 18.6 Å². The average molecular weight is 315 g/mol. The summed E-state index contributed by atoms with van der Waals surface area (Å²) >= 11 is 3.36. The van der Waals surface area contributed by atoms with Crippen molar-refractivity contribution in [2.75, 3.05) is 6.61 Å². The number of halogens is 1. The number of carbonyl (C=O) groups is 1. The van der Waals surface area contributed by atoms with Crippen LogP contribution in [-0.2, 0) is 9.53 Å². The highest BCUT2D eigenvalue weighted by molar-refractivity contribution is 9.10. The Morgan fingerprint density at radius 2 is 2.11 bits per heavy atom. The number of hydrogen-bond acceptors (Lipinski definition) is 3. The number of ether oxygens (including phenoxy) is 1. The maximum absolute atomic E-state index is 11.9. The second-order valence-corrected chi connectivity index (χ2v) is 5.44. The first-order chi connectivity index (χ1) is 8.47. The molecule has 1 aromatic rings. The van der Waals surface area contributed by atoms with Crippen LogP contribution in [0.2, 0.25) is 0 Å². The second kappa shape index (κ2) is 6.90. The van der Waals surface area contributed by atoms with Gasteiger partial charge in [0.1, 0.15) is 0 Å². The van der Waals surface area contributed by atoms with Gasteiger partial charge in [-0.05, 0) is 30.5 Å². The zero-order valence-corrected chi connectivity index (χ0v) is 12.5. The standard InChI is InChI=1S/C14H19BrO3/c1-4-18-14(17)12(9(2)3)13(16)10-6-5-7-11(15)8-10/h5-9,12-13,16H,4H2,1-3H3. The molecule has 0 spiro atoms. The van der Waals surface area contributed by atoms with Crippen molar-refractivity contribution in [1.82, 2.24) is 0 Å². The Kier molecular flexibility index (Phi) is 5.82. The Labute approximate surface area is 116 Å². The predicted octanol–water partition coefficient (Wildman–Crippen LogP) is 3.32. The van der Waals surface area contributed by atoms with Gasteiger partial charge < -0.3 is 9.84 Å². The largest absolute Gasteiger partial charge is 0.466 e. The minimum Gasteiger partial charge on any atom is -0.466 e. The van der Waals surface area contributed by atoms with E-state index >= 15 is 0 Å². The quantitative estimate of drug-likeness (QED) is 0.848. The lowest BCUT2D eigenvalue weighted by Crippen LogP contribution is -2.29. The smallest absolute Gasteiger partial charge is 0.312 e. The van der Waals surface area contributed by atoms with Crippen LogP contribution < -0.4 is 0 Å². The van der Waals surface area contributed by atoms with Crippen LogP contribution in [0.3, 0.4) is 0 Å².